The number of nitrogens with zero attached hydrogens (tertiary/aromatic N) is 2. The third-order valence-corrected chi connectivity index (χ3v) is 3.77. The van der Waals surface area contributed by atoms with Crippen LogP contribution in [-0.4, -0.2) is 24.2 Å². The van der Waals surface area contributed by atoms with Crippen molar-refractivity contribution in [2.75, 3.05) is 18.5 Å². The number of hydrogen-bond acceptors (Lipinski definition) is 3. The van der Waals surface area contributed by atoms with E-state index in [4.69, 9.17) is 0 Å². The SMILES string of the molecule is C(=NNc1ccccc1)c1ccc(CN2CCCC2)cc1. The van der Waals surface area contributed by atoms with Crippen LogP contribution in [0.4, 0.5) is 5.69 Å². The van der Waals surface area contributed by atoms with E-state index in [1.54, 1.807) is 0 Å². The van der Waals surface area contributed by atoms with Crippen molar-refractivity contribution >= 4 is 11.9 Å². The highest BCUT2D eigenvalue weighted by Gasteiger charge is 2.11. The first-order chi connectivity index (χ1) is 10.4. The van der Waals surface area contributed by atoms with Crippen LogP contribution in [0, 0.1) is 0 Å². The van der Waals surface area contributed by atoms with E-state index in [1.165, 1.54) is 31.5 Å². The number of benzene rings is 2. The van der Waals surface area contributed by atoms with Crippen LogP contribution in [-0.2, 0) is 6.54 Å². The van der Waals surface area contributed by atoms with Gasteiger partial charge in [0.2, 0.25) is 0 Å². The summed E-state index contributed by atoms with van der Waals surface area (Å²) in [5.41, 5.74) is 6.52. The maximum Gasteiger partial charge on any atom is 0.0561 e. The minimum atomic E-state index is 0.999. The number of para-hydroxylation sites is 1. The molecule has 21 heavy (non-hydrogen) atoms. The molecule has 3 rings (SSSR count). The quantitative estimate of drug-likeness (QED) is 0.667. The van der Waals surface area contributed by atoms with Gasteiger partial charge in [0.1, 0.15) is 0 Å². The Morgan fingerprint density at radius 1 is 0.952 bits per heavy atom. The summed E-state index contributed by atoms with van der Waals surface area (Å²) >= 11 is 0. The van der Waals surface area contributed by atoms with E-state index in [1.807, 2.05) is 36.5 Å². The first-order valence-corrected chi connectivity index (χ1v) is 7.55. The third kappa shape index (κ3) is 4.17. The lowest BCUT2D eigenvalue weighted by molar-refractivity contribution is 0.331. The minimum Gasteiger partial charge on any atom is -0.299 e. The summed E-state index contributed by atoms with van der Waals surface area (Å²) in [4.78, 5) is 2.51. The number of hydrazone groups is 1. The predicted octanol–water partition coefficient (Wildman–Crippen LogP) is 3.73. The van der Waals surface area contributed by atoms with Gasteiger partial charge < -0.3 is 0 Å². The molecule has 2 aromatic rings. The van der Waals surface area contributed by atoms with Crippen molar-refractivity contribution in [3.63, 3.8) is 0 Å². The molecule has 0 radical (unpaired) electrons. The van der Waals surface area contributed by atoms with Crippen LogP contribution in [0.2, 0.25) is 0 Å². The molecular weight excluding hydrogens is 258 g/mol. The average molecular weight is 279 g/mol. The van der Waals surface area contributed by atoms with Crippen molar-refractivity contribution in [2.45, 2.75) is 19.4 Å². The Hall–Kier alpha value is -2.13. The molecule has 0 amide bonds. The zero-order valence-corrected chi connectivity index (χ0v) is 12.2. The molecule has 1 fully saturated rings. The van der Waals surface area contributed by atoms with Gasteiger partial charge in [-0.15, -0.1) is 0 Å². The van der Waals surface area contributed by atoms with Gasteiger partial charge in [-0.2, -0.15) is 5.10 Å². The Morgan fingerprint density at radius 2 is 1.67 bits per heavy atom. The molecule has 0 saturated carbocycles. The summed E-state index contributed by atoms with van der Waals surface area (Å²) < 4.78 is 0. The standard InChI is InChI=1S/C18H21N3/c1-2-6-18(7-3-1)20-19-14-16-8-10-17(11-9-16)15-21-12-4-5-13-21/h1-3,6-11,14,20H,4-5,12-13,15H2. The lowest BCUT2D eigenvalue weighted by Crippen LogP contribution is -2.18. The molecule has 0 spiro atoms. The molecule has 1 aliphatic heterocycles. The zero-order valence-electron chi connectivity index (χ0n) is 12.2. The van der Waals surface area contributed by atoms with Crippen molar-refractivity contribution in [3.8, 4) is 0 Å². The van der Waals surface area contributed by atoms with Crippen molar-refractivity contribution < 1.29 is 0 Å². The van der Waals surface area contributed by atoms with E-state index in [-0.39, 0.29) is 0 Å². The Bertz CT molecular complexity index is 569. The van der Waals surface area contributed by atoms with Crippen LogP contribution in [0.3, 0.4) is 0 Å². The van der Waals surface area contributed by atoms with Gasteiger partial charge in [0.15, 0.2) is 0 Å². The van der Waals surface area contributed by atoms with Crippen LogP contribution < -0.4 is 5.43 Å². The van der Waals surface area contributed by atoms with Crippen LogP contribution >= 0.6 is 0 Å². The third-order valence-electron chi connectivity index (χ3n) is 3.77. The molecule has 1 heterocycles. The maximum absolute atomic E-state index is 4.26. The monoisotopic (exact) mass is 279 g/mol. The fraction of sp³-hybridized carbons (Fsp3) is 0.278. The number of likely N-dealkylation sites (tertiary alicyclic amines) is 1. The second-order valence-electron chi connectivity index (χ2n) is 5.46. The first kappa shape index (κ1) is 13.8. The Morgan fingerprint density at radius 3 is 2.38 bits per heavy atom. The van der Waals surface area contributed by atoms with E-state index in [0.29, 0.717) is 0 Å². The van der Waals surface area contributed by atoms with Gasteiger partial charge in [-0.25, -0.2) is 0 Å². The molecule has 1 N–H and O–H groups in total. The van der Waals surface area contributed by atoms with Gasteiger partial charge in [-0.05, 0) is 49.2 Å². The Labute approximate surface area is 126 Å². The number of rotatable bonds is 5. The van der Waals surface area contributed by atoms with Gasteiger partial charge in [-0.3, -0.25) is 10.3 Å². The van der Waals surface area contributed by atoms with E-state index in [0.717, 1.165) is 17.8 Å². The van der Waals surface area contributed by atoms with E-state index in [2.05, 4.69) is 39.7 Å². The van der Waals surface area contributed by atoms with E-state index >= 15 is 0 Å². The molecule has 2 aromatic carbocycles. The number of nitrogens with one attached hydrogen (secondary N) is 1. The van der Waals surface area contributed by atoms with Crippen LogP contribution in [0.15, 0.2) is 59.7 Å². The van der Waals surface area contributed by atoms with Crippen molar-refractivity contribution in [2.24, 2.45) is 5.10 Å². The number of hydrogen-bond donors (Lipinski definition) is 1. The summed E-state index contributed by atoms with van der Waals surface area (Å²) in [5.74, 6) is 0. The summed E-state index contributed by atoms with van der Waals surface area (Å²) in [6.07, 6.45) is 4.54. The van der Waals surface area contributed by atoms with Crippen molar-refractivity contribution in [1.29, 1.82) is 0 Å². The van der Waals surface area contributed by atoms with Gasteiger partial charge in [0, 0.05) is 6.54 Å². The first-order valence-electron chi connectivity index (χ1n) is 7.55. The largest absolute Gasteiger partial charge is 0.299 e. The highest BCUT2D eigenvalue weighted by atomic mass is 15.3. The fourth-order valence-corrected chi connectivity index (χ4v) is 2.60. The van der Waals surface area contributed by atoms with E-state index in [9.17, 15) is 0 Å². The average Bonchev–Trinajstić information content (AvgIpc) is 3.03. The van der Waals surface area contributed by atoms with Gasteiger partial charge >= 0.3 is 0 Å². The normalized spacial score (nSPS) is 15.6. The second kappa shape index (κ2) is 7.04. The minimum absolute atomic E-state index is 0.999. The molecule has 3 nitrogen and oxygen atoms in total. The van der Waals surface area contributed by atoms with Crippen LogP contribution in [0.1, 0.15) is 24.0 Å². The zero-order chi connectivity index (χ0) is 14.3. The maximum atomic E-state index is 4.26. The van der Waals surface area contributed by atoms with Crippen molar-refractivity contribution in [3.05, 3.63) is 65.7 Å². The molecular formula is C18H21N3. The smallest absolute Gasteiger partial charge is 0.0561 e. The molecule has 0 unspecified atom stereocenters. The van der Waals surface area contributed by atoms with Crippen molar-refractivity contribution in [1.82, 2.24) is 4.90 Å². The molecule has 1 saturated heterocycles. The molecule has 0 aliphatic carbocycles. The molecule has 3 heteroatoms. The lowest BCUT2D eigenvalue weighted by atomic mass is 10.1. The summed E-state index contributed by atoms with van der Waals surface area (Å²) in [6.45, 7) is 3.55. The summed E-state index contributed by atoms with van der Waals surface area (Å²) in [6, 6.07) is 18.6. The molecule has 0 atom stereocenters. The van der Waals surface area contributed by atoms with E-state index < -0.39 is 0 Å². The topological polar surface area (TPSA) is 27.6 Å². The summed E-state index contributed by atoms with van der Waals surface area (Å²) in [5, 5.41) is 4.26. The highest BCUT2D eigenvalue weighted by molar-refractivity contribution is 5.80. The van der Waals surface area contributed by atoms with Gasteiger partial charge in [0.25, 0.3) is 0 Å². The number of anilines is 1. The van der Waals surface area contributed by atoms with Crippen LogP contribution in [0.25, 0.3) is 0 Å². The Balaban J connectivity index is 1.54. The van der Waals surface area contributed by atoms with Crippen LogP contribution in [0.5, 0.6) is 0 Å². The Kier molecular flexibility index (Phi) is 4.64. The molecule has 1 aliphatic rings. The summed E-state index contributed by atoms with van der Waals surface area (Å²) in [7, 11) is 0. The molecule has 0 bridgehead atoms. The lowest BCUT2D eigenvalue weighted by Gasteiger charge is -2.14. The van der Waals surface area contributed by atoms with Gasteiger partial charge in [-0.1, -0.05) is 42.5 Å². The predicted molar refractivity (Wildman–Crippen MR) is 88.6 cm³/mol. The second-order valence-corrected chi connectivity index (χ2v) is 5.46. The molecule has 108 valence electrons. The van der Waals surface area contributed by atoms with Gasteiger partial charge in [0.05, 0.1) is 11.9 Å². The highest BCUT2D eigenvalue weighted by Crippen LogP contribution is 2.13. The fourth-order valence-electron chi connectivity index (χ4n) is 2.60. The molecule has 0 aromatic heterocycles.